The molecular formula is C13H15N3O4. The molecule has 2 aliphatic carbocycles. The summed E-state index contributed by atoms with van der Waals surface area (Å²) in [6.45, 7) is 0.870. The number of pyridine rings is 1. The first kappa shape index (κ1) is 12.8. The summed E-state index contributed by atoms with van der Waals surface area (Å²) in [6, 6.07) is 1.74. The molecule has 0 aromatic carbocycles. The van der Waals surface area contributed by atoms with Crippen molar-refractivity contribution in [3.05, 3.63) is 27.9 Å². The monoisotopic (exact) mass is 277 g/mol. The SMILES string of the molecule is O=C(O)c1cc(N(CC2CC2)C2CC2)ncc1[N+](=O)[O-]. The lowest BCUT2D eigenvalue weighted by Crippen LogP contribution is -2.29. The predicted octanol–water partition coefficient (Wildman–Crippen LogP) is 2.07. The van der Waals surface area contributed by atoms with Gasteiger partial charge in [-0.05, 0) is 31.6 Å². The number of carboxylic acids is 1. The molecule has 3 rings (SSSR count). The summed E-state index contributed by atoms with van der Waals surface area (Å²) < 4.78 is 0. The van der Waals surface area contributed by atoms with Crippen LogP contribution >= 0.6 is 0 Å². The normalized spacial score (nSPS) is 17.8. The number of carboxylic acid groups (broad SMARTS) is 1. The van der Waals surface area contributed by atoms with E-state index in [-0.39, 0.29) is 5.56 Å². The molecule has 1 N–H and O–H groups in total. The van der Waals surface area contributed by atoms with Crippen LogP contribution in [0.1, 0.15) is 36.0 Å². The van der Waals surface area contributed by atoms with E-state index in [2.05, 4.69) is 9.88 Å². The van der Waals surface area contributed by atoms with Crippen molar-refractivity contribution < 1.29 is 14.8 Å². The summed E-state index contributed by atoms with van der Waals surface area (Å²) in [7, 11) is 0. The van der Waals surface area contributed by atoms with Crippen LogP contribution in [0.3, 0.4) is 0 Å². The van der Waals surface area contributed by atoms with Crippen LogP contribution in [0.5, 0.6) is 0 Å². The number of nitrogens with zero attached hydrogens (tertiary/aromatic N) is 3. The van der Waals surface area contributed by atoms with Crippen LogP contribution in [-0.2, 0) is 0 Å². The van der Waals surface area contributed by atoms with Gasteiger partial charge in [0.25, 0.3) is 0 Å². The van der Waals surface area contributed by atoms with Gasteiger partial charge in [-0.3, -0.25) is 10.1 Å². The van der Waals surface area contributed by atoms with E-state index < -0.39 is 16.6 Å². The second-order valence-corrected chi connectivity index (χ2v) is 5.45. The number of anilines is 1. The molecule has 0 unspecified atom stereocenters. The van der Waals surface area contributed by atoms with Gasteiger partial charge in [0, 0.05) is 18.7 Å². The van der Waals surface area contributed by atoms with Crippen molar-refractivity contribution in [2.45, 2.75) is 31.7 Å². The number of aromatic nitrogens is 1. The van der Waals surface area contributed by atoms with E-state index in [1.54, 1.807) is 0 Å². The summed E-state index contributed by atoms with van der Waals surface area (Å²) in [5, 5.41) is 19.9. The van der Waals surface area contributed by atoms with Crippen molar-refractivity contribution >= 4 is 17.5 Å². The molecule has 7 nitrogen and oxygen atoms in total. The van der Waals surface area contributed by atoms with E-state index in [0.29, 0.717) is 17.8 Å². The number of rotatable bonds is 6. The molecule has 20 heavy (non-hydrogen) atoms. The molecule has 0 spiro atoms. The molecule has 2 saturated carbocycles. The molecule has 1 aromatic heterocycles. The predicted molar refractivity (Wildman–Crippen MR) is 70.9 cm³/mol. The number of hydrogen-bond donors (Lipinski definition) is 1. The molecule has 2 aliphatic rings. The Morgan fingerprint density at radius 2 is 2.15 bits per heavy atom. The van der Waals surface area contributed by atoms with Gasteiger partial charge in [-0.2, -0.15) is 0 Å². The lowest BCUT2D eigenvalue weighted by Gasteiger charge is -2.23. The van der Waals surface area contributed by atoms with Crippen molar-refractivity contribution in [2.75, 3.05) is 11.4 Å². The van der Waals surface area contributed by atoms with E-state index in [1.165, 1.54) is 18.9 Å². The van der Waals surface area contributed by atoms with Gasteiger partial charge in [0.15, 0.2) is 0 Å². The Hall–Kier alpha value is -2.18. The maximum absolute atomic E-state index is 11.2. The molecule has 0 saturated heterocycles. The van der Waals surface area contributed by atoms with E-state index in [1.807, 2.05) is 0 Å². The van der Waals surface area contributed by atoms with Gasteiger partial charge >= 0.3 is 11.7 Å². The molecule has 0 radical (unpaired) electrons. The van der Waals surface area contributed by atoms with E-state index >= 15 is 0 Å². The molecule has 0 amide bonds. The quantitative estimate of drug-likeness (QED) is 0.631. The van der Waals surface area contributed by atoms with Gasteiger partial charge in [0.2, 0.25) is 0 Å². The van der Waals surface area contributed by atoms with Crippen molar-refractivity contribution in [2.24, 2.45) is 5.92 Å². The van der Waals surface area contributed by atoms with Gasteiger partial charge < -0.3 is 10.0 Å². The number of nitro groups is 1. The van der Waals surface area contributed by atoms with E-state index in [4.69, 9.17) is 5.11 Å². The van der Waals surface area contributed by atoms with E-state index in [9.17, 15) is 14.9 Å². The lowest BCUT2D eigenvalue weighted by molar-refractivity contribution is -0.385. The Kier molecular flexibility index (Phi) is 3.04. The van der Waals surface area contributed by atoms with Crippen LogP contribution in [0.25, 0.3) is 0 Å². The van der Waals surface area contributed by atoms with Crippen LogP contribution in [0.15, 0.2) is 12.3 Å². The maximum Gasteiger partial charge on any atom is 0.342 e. The fraction of sp³-hybridized carbons (Fsp3) is 0.538. The molecule has 7 heteroatoms. The van der Waals surface area contributed by atoms with Crippen LogP contribution in [-0.4, -0.2) is 33.6 Å². The van der Waals surface area contributed by atoms with Gasteiger partial charge in [0.1, 0.15) is 17.6 Å². The average Bonchev–Trinajstić information content (AvgIpc) is 3.26. The first-order valence-corrected chi connectivity index (χ1v) is 6.70. The Morgan fingerprint density at radius 3 is 2.65 bits per heavy atom. The van der Waals surface area contributed by atoms with Crippen molar-refractivity contribution in [3.8, 4) is 0 Å². The first-order valence-electron chi connectivity index (χ1n) is 6.70. The Morgan fingerprint density at radius 1 is 1.45 bits per heavy atom. The Labute approximate surface area is 115 Å². The van der Waals surface area contributed by atoms with Crippen LogP contribution in [0, 0.1) is 16.0 Å². The van der Waals surface area contributed by atoms with E-state index in [0.717, 1.165) is 25.6 Å². The van der Waals surface area contributed by atoms with Gasteiger partial charge in [-0.25, -0.2) is 9.78 Å². The third-order valence-electron chi connectivity index (χ3n) is 3.73. The first-order chi connectivity index (χ1) is 9.56. The Bertz CT molecular complexity index is 567. The van der Waals surface area contributed by atoms with Crippen molar-refractivity contribution in [1.82, 2.24) is 4.98 Å². The maximum atomic E-state index is 11.2. The lowest BCUT2D eigenvalue weighted by atomic mass is 10.2. The topological polar surface area (TPSA) is 96.6 Å². The highest BCUT2D eigenvalue weighted by Gasteiger charge is 2.35. The number of aromatic carboxylic acids is 1. The number of carbonyl (C=O) groups is 1. The zero-order valence-corrected chi connectivity index (χ0v) is 10.9. The summed E-state index contributed by atoms with van der Waals surface area (Å²) in [4.78, 5) is 27.5. The van der Waals surface area contributed by atoms with Crippen molar-refractivity contribution in [1.29, 1.82) is 0 Å². The largest absolute Gasteiger partial charge is 0.477 e. The van der Waals surface area contributed by atoms with Crippen LogP contribution in [0.4, 0.5) is 11.5 Å². The summed E-state index contributed by atoms with van der Waals surface area (Å²) >= 11 is 0. The van der Waals surface area contributed by atoms with Gasteiger partial charge in [0.05, 0.1) is 4.92 Å². The highest BCUT2D eigenvalue weighted by Crippen LogP contribution is 2.37. The third-order valence-corrected chi connectivity index (χ3v) is 3.73. The molecular weight excluding hydrogens is 262 g/mol. The fourth-order valence-corrected chi connectivity index (χ4v) is 2.31. The fourth-order valence-electron chi connectivity index (χ4n) is 2.31. The van der Waals surface area contributed by atoms with Crippen LogP contribution < -0.4 is 4.90 Å². The molecule has 1 aromatic rings. The van der Waals surface area contributed by atoms with Gasteiger partial charge in [-0.15, -0.1) is 0 Å². The smallest absolute Gasteiger partial charge is 0.342 e. The summed E-state index contributed by atoms with van der Waals surface area (Å²) in [5.41, 5.74) is -0.745. The minimum absolute atomic E-state index is 0.290. The molecule has 2 fully saturated rings. The Balaban J connectivity index is 1.93. The third kappa shape index (κ3) is 2.56. The molecule has 0 bridgehead atoms. The molecule has 1 heterocycles. The molecule has 106 valence electrons. The molecule has 0 atom stereocenters. The second kappa shape index (κ2) is 4.73. The standard InChI is InChI=1S/C13H15N3O4/c17-13(18)10-5-12(14-6-11(10)16(19)20)15(9-3-4-9)7-8-1-2-8/h5-6,8-9H,1-4,7H2,(H,17,18). The molecule has 0 aliphatic heterocycles. The minimum Gasteiger partial charge on any atom is -0.477 e. The van der Waals surface area contributed by atoms with Crippen LogP contribution in [0.2, 0.25) is 0 Å². The second-order valence-electron chi connectivity index (χ2n) is 5.45. The number of hydrogen-bond acceptors (Lipinski definition) is 5. The summed E-state index contributed by atoms with van der Waals surface area (Å²) in [5.74, 6) is -0.0919. The van der Waals surface area contributed by atoms with Gasteiger partial charge in [-0.1, -0.05) is 0 Å². The minimum atomic E-state index is -1.29. The summed E-state index contributed by atoms with van der Waals surface area (Å²) in [6.07, 6.45) is 5.60. The van der Waals surface area contributed by atoms with Crippen molar-refractivity contribution in [3.63, 3.8) is 0 Å². The highest BCUT2D eigenvalue weighted by atomic mass is 16.6. The zero-order valence-electron chi connectivity index (χ0n) is 10.9. The highest BCUT2D eigenvalue weighted by molar-refractivity contribution is 5.93. The zero-order chi connectivity index (χ0) is 14.3. The average molecular weight is 277 g/mol.